The third-order valence-electron chi connectivity index (χ3n) is 2.55. The fraction of sp³-hybridized carbons (Fsp3) is 0.222. The lowest BCUT2D eigenvalue weighted by atomic mass is 9.99. The number of hydrogen-bond donors (Lipinski definition) is 1. The first-order valence-corrected chi connectivity index (χ1v) is 6.38. The normalized spacial score (nSPS) is 8.79. The van der Waals surface area contributed by atoms with Crippen molar-refractivity contribution in [2.45, 2.75) is 27.3 Å². The lowest BCUT2D eigenvalue weighted by Gasteiger charge is -2.18. The van der Waals surface area contributed by atoms with Gasteiger partial charge < -0.3 is 5.32 Å². The van der Waals surface area contributed by atoms with E-state index in [1.165, 1.54) is 11.1 Å². The van der Waals surface area contributed by atoms with Crippen LogP contribution in [-0.2, 0) is 0 Å². The van der Waals surface area contributed by atoms with Crippen LogP contribution >= 0.6 is 0 Å². The first-order valence-electron chi connectivity index (χ1n) is 6.38. The van der Waals surface area contributed by atoms with Crippen LogP contribution in [0.2, 0.25) is 0 Å². The summed E-state index contributed by atoms with van der Waals surface area (Å²) >= 11 is 0. The van der Waals surface area contributed by atoms with Gasteiger partial charge in [-0.2, -0.15) is 0 Å². The number of nitrogens with one attached hydrogen (secondary N) is 1. The van der Waals surface area contributed by atoms with E-state index in [0.717, 1.165) is 0 Å². The molecular weight excluding hydrogens is 230 g/mol. The standard InChI is InChI=1S/C15H15N.C2H6.CH4/c1-2-16-15(13-9-5-3-6-10-13)14-11-7-4-8-12-14;1-2;/h2-12,15-16H,1H2;1-2H3;1H4. The third kappa shape index (κ3) is 5.01. The molecule has 1 N–H and O–H groups in total. The number of rotatable bonds is 4. The summed E-state index contributed by atoms with van der Waals surface area (Å²) in [5, 5.41) is 3.28. The van der Waals surface area contributed by atoms with Crippen molar-refractivity contribution in [3.05, 3.63) is 84.6 Å². The molecule has 0 aliphatic rings. The van der Waals surface area contributed by atoms with Crippen LogP contribution in [0.4, 0.5) is 0 Å². The highest BCUT2D eigenvalue weighted by molar-refractivity contribution is 5.31. The molecule has 0 radical (unpaired) electrons. The second-order valence-corrected chi connectivity index (χ2v) is 3.63. The van der Waals surface area contributed by atoms with Gasteiger partial charge >= 0.3 is 0 Å². The quantitative estimate of drug-likeness (QED) is 0.794. The Morgan fingerprint density at radius 3 is 1.53 bits per heavy atom. The Labute approximate surface area is 118 Å². The van der Waals surface area contributed by atoms with Crippen molar-refractivity contribution >= 4 is 0 Å². The zero-order valence-electron chi connectivity index (χ0n) is 11.1. The van der Waals surface area contributed by atoms with Gasteiger partial charge in [0.25, 0.3) is 0 Å². The topological polar surface area (TPSA) is 12.0 Å². The van der Waals surface area contributed by atoms with Crippen LogP contribution in [0.3, 0.4) is 0 Å². The minimum atomic E-state index is 0. The minimum Gasteiger partial charge on any atom is -0.381 e. The van der Waals surface area contributed by atoms with E-state index < -0.39 is 0 Å². The summed E-state index contributed by atoms with van der Waals surface area (Å²) in [4.78, 5) is 0. The largest absolute Gasteiger partial charge is 0.381 e. The Kier molecular flexibility index (Phi) is 8.90. The molecule has 19 heavy (non-hydrogen) atoms. The van der Waals surface area contributed by atoms with Gasteiger partial charge in [-0.1, -0.05) is 88.5 Å². The molecular formula is C18H25N. The molecule has 0 fully saturated rings. The van der Waals surface area contributed by atoms with Crippen LogP contribution in [-0.4, -0.2) is 0 Å². The van der Waals surface area contributed by atoms with Gasteiger partial charge in [-0.3, -0.25) is 0 Å². The Morgan fingerprint density at radius 2 is 1.21 bits per heavy atom. The Balaban J connectivity index is 0.00000103. The van der Waals surface area contributed by atoms with Crippen molar-refractivity contribution in [3.63, 3.8) is 0 Å². The highest BCUT2D eigenvalue weighted by atomic mass is 14.9. The van der Waals surface area contributed by atoms with Gasteiger partial charge in [0.1, 0.15) is 0 Å². The fourth-order valence-electron chi connectivity index (χ4n) is 1.79. The maximum Gasteiger partial charge on any atom is 0.0762 e. The van der Waals surface area contributed by atoms with E-state index in [9.17, 15) is 0 Å². The Hall–Kier alpha value is -2.02. The molecule has 0 spiro atoms. The summed E-state index contributed by atoms with van der Waals surface area (Å²) in [6.45, 7) is 7.74. The summed E-state index contributed by atoms with van der Waals surface area (Å²) in [6.07, 6.45) is 1.74. The molecule has 0 saturated carbocycles. The average Bonchev–Trinajstić information content (AvgIpc) is 2.49. The maximum absolute atomic E-state index is 3.74. The van der Waals surface area contributed by atoms with Gasteiger partial charge in [-0.15, -0.1) is 0 Å². The zero-order valence-corrected chi connectivity index (χ0v) is 11.1. The van der Waals surface area contributed by atoms with Crippen LogP contribution in [0.15, 0.2) is 73.4 Å². The highest BCUT2D eigenvalue weighted by Gasteiger charge is 2.10. The second kappa shape index (κ2) is 9.95. The van der Waals surface area contributed by atoms with Crippen molar-refractivity contribution in [1.82, 2.24) is 5.32 Å². The molecule has 102 valence electrons. The zero-order chi connectivity index (χ0) is 13.2. The van der Waals surface area contributed by atoms with Crippen molar-refractivity contribution < 1.29 is 0 Å². The molecule has 0 amide bonds. The number of hydrogen-bond acceptors (Lipinski definition) is 1. The SMILES string of the molecule is C.C=CNC(c1ccccc1)c1ccccc1.CC. The summed E-state index contributed by atoms with van der Waals surface area (Å²) in [5.74, 6) is 0. The molecule has 2 aromatic rings. The van der Waals surface area contributed by atoms with Crippen LogP contribution in [0.25, 0.3) is 0 Å². The molecule has 1 nitrogen and oxygen atoms in total. The maximum atomic E-state index is 3.74. The van der Waals surface area contributed by atoms with Crippen molar-refractivity contribution in [2.75, 3.05) is 0 Å². The lowest BCUT2D eigenvalue weighted by molar-refractivity contribution is 0.730. The van der Waals surface area contributed by atoms with Crippen LogP contribution in [0.1, 0.15) is 38.4 Å². The van der Waals surface area contributed by atoms with Gasteiger partial charge in [0, 0.05) is 0 Å². The Morgan fingerprint density at radius 1 is 0.842 bits per heavy atom. The summed E-state index contributed by atoms with van der Waals surface area (Å²) < 4.78 is 0. The molecule has 0 aliphatic carbocycles. The van der Waals surface area contributed by atoms with Gasteiger partial charge in [0.15, 0.2) is 0 Å². The minimum absolute atomic E-state index is 0. The lowest BCUT2D eigenvalue weighted by Crippen LogP contribution is -2.16. The van der Waals surface area contributed by atoms with E-state index in [-0.39, 0.29) is 13.5 Å². The predicted octanol–water partition coefficient (Wildman–Crippen LogP) is 5.17. The van der Waals surface area contributed by atoms with Crippen molar-refractivity contribution in [1.29, 1.82) is 0 Å². The monoisotopic (exact) mass is 255 g/mol. The third-order valence-corrected chi connectivity index (χ3v) is 2.55. The van der Waals surface area contributed by atoms with Crippen molar-refractivity contribution in [3.8, 4) is 0 Å². The molecule has 0 atom stereocenters. The van der Waals surface area contributed by atoms with Gasteiger partial charge in [0.2, 0.25) is 0 Å². The Bertz CT molecular complexity index is 394. The first-order chi connectivity index (χ1) is 8.92. The molecule has 0 saturated heterocycles. The van der Waals surface area contributed by atoms with Gasteiger partial charge in [-0.05, 0) is 17.3 Å². The summed E-state index contributed by atoms with van der Waals surface area (Å²) in [7, 11) is 0. The van der Waals surface area contributed by atoms with Crippen LogP contribution < -0.4 is 5.32 Å². The smallest absolute Gasteiger partial charge is 0.0762 e. The van der Waals surface area contributed by atoms with E-state index in [1.807, 2.05) is 26.0 Å². The van der Waals surface area contributed by atoms with Gasteiger partial charge in [0.05, 0.1) is 6.04 Å². The summed E-state index contributed by atoms with van der Waals surface area (Å²) in [5.41, 5.74) is 2.49. The van der Waals surface area contributed by atoms with Crippen LogP contribution in [0, 0.1) is 0 Å². The van der Waals surface area contributed by atoms with E-state index >= 15 is 0 Å². The molecule has 0 unspecified atom stereocenters. The molecule has 2 rings (SSSR count). The second-order valence-electron chi connectivity index (χ2n) is 3.63. The van der Waals surface area contributed by atoms with Crippen molar-refractivity contribution in [2.24, 2.45) is 0 Å². The predicted molar refractivity (Wildman–Crippen MR) is 86.1 cm³/mol. The highest BCUT2D eigenvalue weighted by Crippen LogP contribution is 2.21. The van der Waals surface area contributed by atoms with Gasteiger partial charge in [-0.25, -0.2) is 0 Å². The van der Waals surface area contributed by atoms with Crippen LogP contribution in [0.5, 0.6) is 0 Å². The molecule has 0 heterocycles. The van der Waals surface area contributed by atoms with E-state index in [0.29, 0.717) is 0 Å². The number of benzene rings is 2. The molecule has 0 aromatic heterocycles. The van der Waals surface area contributed by atoms with E-state index in [2.05, 4.69) is 60.4 Å². The molecule has 1 heteroatoms. The fourth-order valence-corrected chi connectivity index (χ4v) is 1.79. The van der Waals surface area contributed by atoms with E-state index in [1.54, 1.807) is 6.20 Å². The first kappa shape index (κ1) is 17.0. The molecule has 0 aliphatic heterocycles. The average molecular weight is 255 g/mol. The van der Waals surface area contributed by atoms with E-state index in [4.69, 9.17) is 0 Å². The molecule has 2 aromatic carbocycles. The molecule has 0 bridgehead atoms. The summed E-state index contributed by atoms with van der Waals surface area (Å²) in [6, 6.07) is 20.9.